The lowest BCUT2D eigenvalue weighted by atomic mass is 9.78. The van der Waals surface area contributed by atoms with Crippen LogP contribution in [0.25, 0.3) is 0 Å². The van der Waals surface area contributed by atoms with Gasteiger partial charge in [0.15, 0.2) is 0 Å². The molecule has 0 aliphatic carbocycles. The van der Waals surface area contributed by atoms with Crippen LogP contribution in [0, 0.1) is 11.3 Å². The predicted molar refractivity (Wildman–Crippen MR) is 56.6 cm³/mol. The number of aliphatic carboxylic acids is 1. The molecule has 1 N–H and O–H groups in total. The van der Waals surface area contributed by atoms with Crippen LogP contribution in [0.4, 0.5) is 0 Å². The number of hydrogen-bond donors (Lipinski definition) is 1. The molecule has 0 spiro atoms. The van der Waals surface area contributed by atoms with E-state index in [1.807, 2.05) is 7.05 Å². The van der Waals surface area contributed by atoms with Crippen LogP contribution in [0.15, 0.2) is 0 Å². The maximum atomic E-state index is 12.1. The number of carbonyl (C=O) groups excluding carboxylic acids is 1. The molecule has 1 aliphatic heterocycles. The number of rotatable bonds is 4. The highest BCUT2D eigenvalue weighted by Gasteiger charge is 2.37. The highest BCUT2D eigenvalue weighted by molar-refractivity contribution is 5.90. The largest absolute Gasteiger partial charge is 0.481 e. The van der Waals surface area contributed by atoms with Gasteiger partial charge in [0.2, 0.25) is 0 Å². The van der Waals surface area contributed by atoms with Crippen molar-refractivity contribution in [3.8, 4) is 0 Å². The smallest absolute Gasteiger partial charge is 0.304 e. The lowest BCUT2D eigenvalue weighted by Gasteiger charge is -2.24. The lowest BCUT2D eigenvalue weighted by molar-refractivity contribution is -0.144. The second kappa shape index (κ2) is 4.31. The van der Waals surface area contributed by atoms with Gasteiger partial charge in [-0.1, -0.05) is 13.8 Å². The molecule has 1 unspecified atom stereocenters. The van der Waals surface area contributed by atoms with Crippen LogP contribution >= 0.6 is 0 Å². The minimum absolute atomic E-state index is 0.0179. The number of carboxylic acid groups (broad SMARTS) is 1. The van der Waals surface area contributed by atoms with Crippen molar-refractivity contribution in [1.82, 2.24) is 4.90 Å². The van der Waals surface area contributed by atoms with Crippen molar-refractivity contribution in [1.29, 1.82) is 0 Å². The van der Waals surface area contributed by atoms with Crippen LogP contribution in [-0.2, 0) is 9.59 Å². The molecule has 1 rings (SSSR count). The van der Waals surface area contributed by atoms with E-state index in [-0.39, 0.29) is 18.1 Å². The molecule has 0 bridgehead atoms. The second-order valence-corrected chi connectivity index (χ2v) is 5.07. The van der Waals surface area contributed by atoms with Gasteiger partial charge in [-0.2, -0.15) is 0 Å². The van der Waals surface area contributed by atoms with Gasteiger partial charge in [-0.3, -0.25) is 9.59 Å². The summed E-state index contributed by atoms with van der Waals surface area (Å²) in [5.41, 5.74) is -0.734. The van der Waals surface area contributed by atoms with Crippen molar-refractivity contribution < 1.29 is 14.7 Å². The summed E-state index contributed by atoms with van der Waals surface area (Å²) < 4.78 is 0. The molecule has 4 nitrogen and oxygen atoms in total. The summed E-state index contributed by atoms with van der Waals surface area (Å²) in [5.74, 6) is -0.793. The Bertz CT molecular complexity index is 273. The first-order valence-electron chi connectivity index (χ1n) is 5.27. The summed E-state index contributed by atoms with van der Waals surface area (Å²) >= 11 is 0. The molecule has 0 aromatic carbocycles. The molecule has 0 amide bonds. The lowest BCUT2D eigenvalue weighted by Crippen LogP contribution is -2.34. The molecule has 0 saturated carbocycles. The third kappa shape index (κ3) is 3.02. The fourth-order valence-corrected chi connectivity index (χ4v) is 2.17. The Kier molecular flexibility index (Phi) is 3.50. The molecule has 0 radical (unpaired) electrons. The zero-order chi connectivity index (χ0) is 11.6. The number of carbonyl (C=O) groups is 2. The van der Waals surface area contributed by atoms with E-state index >= 15 is 0 Å². The summed E-state index contributed by atoms with van der Waals surface area (Å²) in [6.07, 6.45) is 0.782. The van der Waals surface area contributed by atoms with Crippen LogP contribution < -0.4 is 0 Å². The monoisotopic (exact) mass is 213 g/mol. The first-order valence-corrected chi connectivity index (χ1v) is 5.27. The number of carboxylic acids is 1. The van der Waals surface area contributed by atoms with Crippen molar-refractivity contribution in [2.45, 2.75) is 26.7 Å². The van der Waals surface area contributed by atoms with Gasteiger partial charge < -0.3 is 10.0 Å². The standard InChI is InChI=1S/C11H19NO3/c1-11(2,6-9(13)14)10(15)8-4-5-12(3)7-8/h8H,4-7H2,1-3H3,(H,13,14). The van der Waals surface area contributed by atoms with E-state index in [1.54, 1.807) is 13.8 Å². The van der Waals surface area contributed by atoms with E-state index in [4.69, 9.17) is 5.11 Å². The van der Waals surface area contributed by atoms with E-state index in [1.165, 1.54) is 0 Å². The number of likely N-dealkylation sites (tertiary alicyclic amines) is 1. The predicted octanol–water partition coefficient (Wildman–Crippen LogP) is 1.01. The average Bonchev–Trinajstić information content (AvgIpc) is 2.48. The van der Waals surface area contributed by atoms with Crippen molar-refractivity contribution >= 4 is 11.8 Å². The van der Waals surface area contributed by atoms with Crippen molar-refractivity contribution in [2.24, 2.45) is 11.3 Å². The Morgan fingerprint density at radius 3 is 2.47 bits per heavy atom. The van der Waals surface area contributed by atoms with Crippen molar-refractivity contribution in [3.63, 3.8) is 0 Å². The molecule has 0 aromatic heterocycles. The quantitative estimate of drug-likeness (QED) is 0.757. The molecule has 1 fully saturated rings. The van der Waals surface area contributed by atoms with Crippen molar-refractivity contribution in [3.05, 3.63) is 0 Å². The fourth-order valence-electron chi connectivity index (χ4n) is 2.17. The van der Waals surface area contributed by atoms with Crippen LogP contribution in [-0.4, -0.2) is 41.9 Å². The van der Waals surface area contributed by atoms with Gasteiger partial charge in [-0.25, -0.2) is 0 Å². The number of Topliss-reactive ketones (excluding diaryl/α,β-unsaturated/α-hetero) is 1. The van der Waals surface area contributed by atoms with Gasteiger partial charge in [0.05, 0.1) is 6.42 Å². The number of hydrogen-bond acceptors (Lipinski definition) is 3. The zero-order valence-corrected chi connectivity index (χ0v) is 9.62. The van der Waals surface area contributed by atoms with Crippen LogP contribution in [0.5, 0.6) is 0 Å². The van der Waals surface area contributed by atoms with E-state index < -0.39 is 11.4 Å². The normalized spacial score (nSPS) is 23.0. The molecule has 15 heavy (non-hydrogen) atoms. The van der Waals surface area contributed by atoms with Crippen LogP contribution in [0.2, 0.25) is 0 Å². The third-order valence-corrected chi connectivity index (χ3v) is 3.02. The molecule has 1 aliphatic rings. The number of nitrogens with zero attached hydrogens (tertiary/aromatic N) is 1. The summed E-state index contributed by atoms with van der Waals surface area (Å²) in [6, 6.07) is 0. The maximum Gasteiger partial charge on any atom is 0.304 e. The Morgan fingerprint density at radius 1 is 1.47 bits per heavy atom. The van der Waals surface area contributed by atoms with Gasteiger partial charge in [0, 0.05) is 17.9 Å². The van der Waals surface area contributed by atoms with Gasteiger partial charge in [-0.05, 0) is 20.0 Å². The molecule has 1 saturated heterocycles. The first kappa shape index (κ1) is 12.2. The van der Waals surface area contributed by atoms with Gasteiger partial charge in [0.1, 0.15) is 5.78 Å². The minimum atomic E-state index is -0.903. The van der Waals surface area contributed by atoms with E-state index in [0.29, 0.717) is 0 Å². The van der Waals surface area contributed by atoms with Crippen LogP contribution in [0.1, 0.15) is 26.7 Å². The minimum Gasteiger partial charge on any atom is -0.481 e. The van der Waals surface area contributed by atoms with Gasteiger partial charge in [0.25, 0.3) is 0 Å². The molecule has 1 heterocycles. The van der Waals surface area contributed by atoms with E-state index in [0.717, 1.165) is 19.5 Å². The van der Waals surface area contributed by atoms with E-state index in [2.05, 4.69) is 4.90 Å². The highest BCUT2D eigenvalue weighted by Crippen LogP contribution is 2.29. The average molecular weight is 213 g/mol. The summed E-state index contributed by atoms with van der Waals surface area (Å²) in [7, 11) is 1.98. The Balaban J connectivity index is 2.62. The second-order valence-electron chi connectivity index (χ2n) is 5.07. The zero-order valence-electron chi connectivity index (χ0n) is 9.62. The molecule has 86 valence electrons. The van der Waals surface area contributed by atoms with Crippen molar-refractivity contribution in [2.75, 3.05) is 20.1 Å². The molecule has 0 aromatic rings. The topological polar surface area (TPSA) is 57.6 Å². The van der Waals surface area contributed by atoms with Crippen LogP contribution in [0.3, 0.4) is 0 Å². The third-order valence-electron chi connectivity index (χ3n) is 3.02. The SMILES string of the molecule is CN1CCC(C(=O)C(C)(C)CC(=O)O)C1. The molecule has 4 heteroatoms. The summed E-state index contributed by atoms with van der Waals surface area (Å²) in [4.78, 5) is 24.8. The Morgan fingerprint density at radius 2 is 2.07 bits per heavy atom. The number of ketones is 1. The van der Waals surface area contributed by atoms with Gasteiger partial charge in [-0.15, -0.1) is 0 Å². The highest BCUT2D eigenvalue weighted by atomic mass is 16.4. The van der Waals surface area contributed by atoms with E-state index in [9.17, 15) is 9.59 Å². The molecule has 1 atom stereocenters. The molecular formula is C11H19NO3. The first-order chi connectivity index (χ1) is 6.83. The fraction of sp³-hybridized carbons (Fsp3) is 0.818. The Labute approximate surface area is 90.3 Å². The van der Waals surface area contributed by atoms with Gasteiger partial charge >= 0.3 is 5.97 Å². The Hall–Kier alpha value is -0.900. The summed E-state index contributed by atoms with van der Waals surface area (Å²) in [5, 5.41) is 8.73. The molecular weight excluding hydrogens is 194 g/mol. The maximum absolute atomic E-state index is 12.1. The summed E-state index contributed by atoms with van der Waals surface area (Å²) in [6.45, 7) is 5.14.